The van der Waals surface area contributed by atoms with Crippen molar-refractivity contribution in [1.29, 1.82) is 0 Å². The van der Waals surface area contributed by atoms with Crippen molar-refractivity contribution in [1.82, 2.24) is 10.2 Å². The first-order chi connectivity index (χ1) is 6.62. The van der Waals surface area contributed by atoms with Crippen LogP contribution in [-0.2, 0) is 0 Å². The summed E-state index contributed by atoms with van der Waals surface area (Å²) in [7, 11) is 3.77. The first-order valence-corrected chi connectivity index (χ1v) is 5.55. The van der Waals surface area contributed by atoms with Crippen molar-refractivity contribution in [2.45, 2.75) is 52.6 Å². The van der Waals surface area contributed by atoms with Gasteiger partial charge in [0.25, 0.3) is 0 Å². The molecule has 14 heavy (non-hydrogen) atoms. The highest BCUT2D eigenvalue weighted by Gasteiger charge is 2.20. The fraction of sp³-hybridized carbons (Fsp3) is 0.909. The molecule has 2 unspecified atom stereocenters. The van der Waals surface area contributed by atoms with Gasteiger partial charge in [0.2, 0.25) is 0 Å². The van der Waals surface area contributed by atoms with Crippen molar-refractivity contribution in [2.75, 3.05) is 14.1 Å². The average molecular weight is 199 g/mol. The zero-order chi connectivity index (χ0) is 11.1. The van der Waals surface area contributed by atoms with E-state index in [4.69, 9.17) is 0 Å². The highest BCUT2D eigenvalue weighted by atomic mass is 15.3. The molecule has 0 aliphatic carbocycles. The third-order valence-corrected chi connectivity index (χ3v) is 2.81. The van der Waals surface area contributed by atoms with E-state index in [9.17, 15) is 0 Å². The summed E-state index contributed by atoms with van der Waals surface area (Å²) in [4.78, 5) is 6.64. The Kier molecular flexibility index (Phi) is 6.34. The molecule has 0 saturated carbocycles. The van der Waals surface area contributed by atoms with Gasteiger partial charge < -0.3 is 10.2 Å². The molecule has 0 rings (SSSR count). The molecule has 0 spiro atoms. The molecule has 1 N–H and O–H groups in total. The zero-order valence-corrected chi connectivity index (χ0v) is 10.5. The Hall–Kier alpha value is -0.730. The van der Waals surface area contributed by atoms with E-state index < -0.39 is 0 Å². The molecule has 0 bridgehead atoms. The van der Waals surface area contributed by atoms with Gasteiger partial charge in [-0.1, -0.05) is 13.8 Å². The molecule has 0 heterocycles. The van der Waals surface area contributed by atoms with E-state index in [1.54, 1.807) is 0 Å². The van der Waals surface area contributed by atoms with Gasteiger partial charge >= 0.3 is 0 Å². The molecule has 84 valence electrons. The lowest BCUT2D eigenvalue weighted by atomic mass is 10.1. The number of rotatable bonds is 4. The summed E-state index contributed by atoms with van der Waals surface area (Å²) in [6.07, 6.45) is 2.29. The van der Waals surface area contributed by atoms with Crippen molar-refractivity contribution < 1.29 is 0 Å². The molecule has 0 aliphatic rings. The molecule has 3 nitrogen and oxygen atoms in total. The molecule has 0 radical (unpaired) electrons. The number of hydrogen-bond acceptors (Lipinski definition) is 1. The molecule has 0 saturated heterocycles. The van der Waals surface area contributed by atoms with Crippen molar-refractivity contribution >= 4 is 5.96 Å². The Morgan fingerprint density at radius 2 is 1.64 bits per heavy atom. The van der Waals surface area contributed by atoms with E-state index in [1.807, 2.05) is 14.1 Å². The van der Waals surface area contributed by atoms with Gasteiger partial charge in [-0.15, -0.1) is 0 Å². The summed E-state index contributed by atoms with van der Waals surface area (Å²) in [6.45, 7) is 8.91. The predicted molar refractivity (Wildman–Crippen MR) is 63.8 cm³/mol. The van der Waals surface area contributed by atoms with Crippen LogP contribution in [0.25, 0.3) is 0 Å². The van der Waals surface area contributed by atoms with E-state index >= 15 is 0 Å². The smallest absolute Gasteiger partial charge is 0.193 e. The minimum atomic E-state index is 0.538. The first-order valence-electron chi connectivity index (χ1n) is 5.55. The molecule has 0 aromatic heterocycles. The van der Waals surface area contributed by atoms with Crippen LogP contribution < -0.4 is 5.32 Å². The fourth-order valence-electron chi connectivity index (χ4n) is 1.60. The van der Waals surface area contributed by atoms with Crippen molar-refractivity contribution in [3.63, 3.8) is 0 Å². The van der Waals surface area contributed by atoms with Crippen LogP contribution in [0, 0.1) is 0 Å². The van der Waals surface area contributed by atoms with E-state index in [0.29, 0.717) is 12.1 Å². The van der Waals surface area contributed by atoms with Crippen LogP contribution in [0.1, 0.15) is 40.5 Å². The molecular formula is C11H25N3. The van der Waals surface area contributed by atoms with Crippen molar-refractivity contribution in [3.8, 4) is 0 Å². The number of hydrogen-bond donors (Lipinski definition) is 1. The Morgan fingerprint density at radius 3 is 1.86 bits per heavy atom. The number of nitrogens with one attached hydrogen (secondary N) is 1. The SMILES string of the molecule is CCC(C)N(C(=NC)NC)C(C)CC. The van der Waals surface area contributed by atoms with Gasteiger partial charge in [0.1, 0.15) is 0 Å². The zero-order valence-electron chi connectivity index (χ0n) is 10.5. The van der Waals surface area contributed by atoms with E-state index in [0.717, 1.165) is 18.8 Å². The summed E-state index contributed by atoms with van der Waals surface area (Å²) in [6, 6.07) is 1.08. The normalized spacial score (nSPS) is 16.3. The third-order valence-electron chi connectivity index (χ3n) is 2.81. The van der Waals surface area contributed by atoms with Gasteiger partial charge in [-0.3, -0.25) is 4.99 Å². The van der Waals surface area contributed by atoms with Crippen molar-refractivity contribution in [3.05, 3.63) is 0 Å². The Balaban J connectivity index is 4.70. The van der Waals surface area contributed by atoms with Crippen LogP contribution in [0.15, 0.2) is 4.99 Å². The second-order valence-corrected chi connectivity index (χ2v) is 3.72. The lowest BCUT2D eigenvalue weighted by molar-refractivity contribution is 0.243. The topological polar surface area (TPSA) is 27.6 Å². The Labute approximate surface area is 88.6 Å². The Morgan fingerprint density at radius 1 is 1.21 bits per heavy atom. The molecule has 0 aliphatic heterocycles. The first kappa shape index (κ1) is 13.3. The predicted octanol–water partition coefficient (Wildman–Crippen LogP) is 2.09. The minimum Gasteiger partial charge on any atom is -0.359 e. The van der Waals surface area contributed by atoms with Gasteiger partial charge in [-0.25, -0.2) is 0 Å². The lowest BCUT2D eigenvalue weighted by Gasteiger charge is -2.36. The molecule has 0 fully saturated rings. The maximum Gasteiger partial charge on any atom is 0.193 e. The van der Waals surface area contributed by atoms with Gasteiger partial charge in [-0.05, 0) is 26.7 Å². The number of nitrogens with zero attached hydrogens (tertiary/aromatic N) is 2. The molecular weight excluding hydrogens is 174 g/mol. The molecule has 2 atom stereocenters. The van der Waals surface area contributed by atoms with Gasteiger partial charge in [-0.2, -0.15) is 0 Å². The van der Waals surface area contributed by atoms with E-state index in [-0.39, 0.29) is 0 Å². The third kappa shape index (κ3) is 3.20. The van der Waals surface area contributed by atoms with Gasteiger partial charge in [0.15, 0.2) is 5.96 Å². The monoisotopic (exact) mass is 199 g/mol. The highest BCUT2D eigenvalue weighted by Crippen LogP contribution is 2.11. The molecule has 0 aromatic rings. The molecule has 0 amide bonds. The number of aliphatic imine (C=N–C) groups is 1. The van der Waals surface area contributed by atoms with Gasteiger partial charge in [0.05, 0.1) is 0 Å². The second-order valence-electron chi connectivity index (χ2n) is 3.72. The van der Waals surface area contributed by atoms with Crippen LogP contribution in [0.3, 0.4) is 0 Å². The second kappa shape index (κ2) is 6.68. The summed E-state index contributed by atoms with van der Waals surface area (Å²) in [5.74, 6) is 0.994. The van der Waals surface area contributed by atoms with E-state index in [2.05, 4.69) is 42.9 Å². The minimum absolute atomic E-state index is 0.538. The maximum atomic E-state index is 4.28. The summed E-state index contributed by atoms with van der Waals surface area (Å²) >= 11 is 0. The maximum absolute atomic E-state index is 4.28. The average Bonchev–Trinajstić information content (AvgIpc) is 2.23. The largest absolute Gasteiger partial charge is 0.359 e. The fourth-order valence-corrected chi connectivity index (χ4v) is 1.60. The van der Waals surface area contributed by atoms with Crippen LogP contribution in [0.4, 0.5) is 0 Å². The van der Waals surface area contributed by atoms with Crippen LogP contribution in [0.5, 0.6) is 0 Å². The lowest BCUT2D eigenvalue weighted by Crippen LogP contribution is -2.49. The Bertz CT molecular complexity index is 167. The van der Waals surface area contributed by atoms with Crippen LogP contribution in [0.2, 0.25) is 0 Å². The molecule has 0 aromatic carbocycles. The van der Waals surface area contributed by atoms with Gasteiger partial charge in [0, 0.05) is 26.2 Å². The number of guanidine groups is 1. The summed E-state index contributed by atoms with van der Waals surface area (Å²) in [5, 5.41) is 3.16. The van der Waals surface area contributed by atoms with E-state index in [1.165, 1.54) is 0 Å². The van der Waals surface area contributed by atoms with Crippen molar-refractivity contribution in [2.24, 2.45) is 4.99 Å². The quantitative estimate of drug-likeness (QED) is 0.554. The highest BCUT2D eigenvalue weighted by molar-refractivity contribution is 5.80. The van der Waals surface area contributed by atoms with Crippen LogP contribution >= 0.6 is 0 Å². The summed E-state index contributed by atoms with van der Waals surface area (Å²) < 4.78 is 0. The molecule has 3 heteroatoms. The standard InChI is InChI=1S/C11H25N3/c1-7-9(3)14(10(4)8-2)11(12-5)13-6/h9-10H,7-8H2,1-6H3,(H,12,13). The summed E-state index contributed by atoms with van der Waals surface area (Å²) in [5.41, 5.74) is 0. The van der Waals surface area contributed by atoms with Crippen LogP contribution in [-0.4, -0.2) is 37.0 Å².